The molecule has 1 heterocycles. The van der Waals surface area contributed by atoms with Crippen molar-refractivity contribution in [2.24, 2.45) is 4.99 Å². The fourth-order valence-electron chi connectivity index (χ4n) is 3.98. The van der Waals surface area contributed by atoms with Gasteiger partial charge in [-0.2, -0.15) is 0 Å². The van der Waals surface area contributed by atoms with Crippen LogP contribution in [-0.2, 0) is 12.8 Å². The lowest BCUT2D eigenvalue weighted by Crippen LogP contribution is -2.17. The second-order valence-corrected chi connectivity index (χ2v) is 7.43. The molecule has 2 heteroatoms. The van der Waals surface area contributed by atoms with Gasteiger partial charge in [0.2, 0.25) is 0 Å². The Hall–Kier alpha value is -2.61. The highest BCUT2D eigenvalue weighted by Crippen LogP contribution is 2.42. The van der Waals surface area contributed by atoms with Gasteiger partial charge in [-0.3, -0.25) is 0 Å². The summed E-state index contributed by atoms with van der Waals surface area (Å²) >= 11 is 0. The van der Waals surface area contributed by atoms with Crippen molar-refractivity contribution in [1.82, 2.24) is 0 Å². The Balaban J connectivity index is 1.93. The minimum atomic E-state index is 0.959. The Morgan fingerprint density at radius 3 is 2.41 bits per heavy atom. The SMILES string of the molecule is CCCCc1cc2cccc3c2c(c1CCCC)N=C(c1ccccc1)N3. The van der Waals surface area contributed by atoms with E-state index >= 15 is 0 Å². The van der Waals surface area contributed by atoms with E-state index in [-0.39, 0.29) is 0 Å². The Morgan fingerprint density at radius 1 is 0.852 bits per heavy atom. The van der Waals surface area contributed by atoms with Crippen LogP contribution < -0.4 is 5.32 Å². The summed E-state index contributed by atoms with van der Waals surface area (Å²) in [6.45, 7) is 4.54. The first kappa shape index (κ1) is 17.8. The van der Waals surface area contributed by atoms with Crippen LogP contribution in [0.1, 0.15) is 56.2 Å². The first-order valence-electron chi connectivity index (χ1n) is 10.3. The second-order valence-electron chi connectivity index (χ2n) is 7.43. The molecular formula is C25H28N2. The third kappa shape index (κ3) is 3.49. The molecule has 0 unspecified atom stereocenters. The number of hydrogen-bond acceptors (Lipinski definition) is 2. The molecule has 1 aliphatic heterocycles. The van der Waals surface area contributed by atoms with E-state index in [0.717, 1.165) is 24.2 Å². The average Bonchev–Trinajstić information content (AvgIpc) is 2.72. The van der Waals surface area contributed by atoms with E-state index in [9.17, 15) is 0 Å². The van der Waals surface area contributed by atoms with Crippen LogP contribution in [0.3, 0.4) is 0 Å². The van der Waals surface area contributed by atoms with E-state index in [1.54, 1.807) is 0 Å². The second kappa shape index (κ2) is 7.96. The molecule has 0 amide bonds. The van der Waals surface area contributed by atoms with Crippen molar-refractivity contribution < 1.29 is 0 Å². The number of rotatable bonds is 7. The maximum atomic E-state index is 5.16. The van der Waals surface area contributed by atoms with Gasteiger partial charge in [0.15, 0.2) is 0 Å². The molecule has 0 saturated carbocycles. The first-order chi connectivity index (χ1) is 13.3. The molecular weight excluding hydrogens is 328 g/mol. The summed E-state index contributed by atoms with van der Waals surface area (Å²) in [5.41, 5.74) is 6.46. The molecule has 0 atom stereocenters. The number of amidine groups is 1. The smallest absolute Gasteiger partial charge is 0.138 e. The average molecular weight is 357 g/mol. The van der Waals surface area contributed by atoms with Crippen LogP contribution in [0, 0.1) is 0 Å². The molecule has 138 valence electrons. The molecule has 0 spiro atoms. The van der Waals surface area contributed by atoms with E-state index in [0.29, 0.717) is 0 Å². The largest absolute Gasteiger partial charge is 0.339 e. The number of nitrogens with zero attached hydrogens (tertiary/aromatic N) is 1. The van der Waals surface area contributed by atoms with Crippen LogP contribution in [0.5, 0.6) is 0 Å². The third-order valence-corrected chi connectivity index (χ3v) is 5.44. The molecule has 0 radical (unpaired) electrons. The minimum absolute atomic E-state index is 0.959. The highest BCUT2D eigenvalue weighted by atomic mass is 15.0. The Bertz CT molecular complexity index is 971. The van der Waals surface area contributed by atoms with E-state index in [1.165, 1.54) is 59.0 Å². The summed E-state index contributed by atoms with van der Waals surface area (Å²) in [5.74, 6) is 0.959. The maximum absolute atomic E-state index is 5.16. The van der Waals surface area contributed by atoms with Crippen LogP contribution in [-0.4, -0.2) is 5.84 Å². The van der Waals surface area contributed by atoms with E-state index < -0.39 is 0 Å². The lowest BCUT2D eigenvalue weighted by Gasteiger charge is -2.23. The molecule has 2 nitrogen and oxygen atoms in total. The van der Waals surface area contributed by atoms with Crippen LogP contribution in [0.25, 0.3) is 10.8 Å². The Morgan fingerprint density at radius 2 is 1.63 bits per heavy atom. The minimum Gasteiger partial charge on any atom is -0.339 e. The summed E-state index contributed by atoms with van der Waals surface area (Å²) in [6, 6.07) is 19.4. The van der Waals surface area contributed by atoms with Crippen molar-refractivity contribution >= 4 is 28.0 Å². The number of unbranched alkanes of at least 4 members (excludes halogenated alkanes) is 2. The number of aliphatic imine (C=N–C) groups is 1. The van der Waals surface area contributed by atoms with E-state index in [4.69, 9.17) is 4.99 Å². The van der Waals surface area contributed by atoms with E-state index in [2.05, 4.69) is 73.8 Å². The highest BCUT2D eigenvalue weighted by molar-refractivity contribution is 6.19. The van der Waals surface area contributed by atoms with Gasteiger partial charge in [0.25, 0.3) is 0 Å². The maximum Gasteiger partial charge on any atom is 0.138 e. The topological polar surface area (TPSA) is 24.4 Å². The zero-order valence-electron chi connectivity index (χ0n) is 16.4. The molecule has 0 saturated heterocycles. The lowest BCUT2D eigenvalue weighted by molar-refractivity contribution is 0.760. The van der Waals surface area contributed by atoms with Crippen LogP contribution in [0.15, 0.2) is 59.6 Å². The zero-order chi connectivity index (χ0) is 18.6. The summed E-state index contributed by atoms with van der Waals surface area (Å²) in [5, 5.41) is 6.16. The van der Waals surface area contributed by atoms with Gasteiger partial charge in [-0.1, -0.05) is 75.2 Å². The summed E-state index contributed by atoms with van der Waals surface area (Å²) < 4.78 is 0. The van der Waals surface area contributed by atoms with Crippen molar-refractivity contribution in [1.29, 1.82) is 0 Å². The monoisotopic (exact) mass is 356 g/mol. The predicted octanol–water partition coefficient (Wildman–Crippen LogP) is 7.03. The number of aryl methyl sites for hydroxylation is 1. The Kier molecular flexibility index (Phi) is 5.24. The summed E-state index contributed by atoms with van der Waals surface area (Å²) in [6.07, 6.45) is 7.13. The Labute approximate surface area is 162 Å². The van der Waals surface area contributed by atoms with Crippen molar-refractivity contribution in [3.63, 3.8) is 0 Å². The number of nitrogens with one attached hydrogen (secondary N) is 1. The van der Waals surface area contributed by atoms with E-state index in [1.807, 2.05) is 0 Å². The van der Waals surface area contributed by atoms with Crippen LogP contribution in [0.2, 0.25) is 0 Å². The van der Waals surface area contributed by atoms with Gasteiger partial charge in [0.05, 0.1) is 5.69 Å². The molecule has 1 aliphatic rings. The van der Waals surface area contributed by atoms with Crippen LogP contribution in [0.4, 0.5) is 11.4 Å². The molecule has 0 bridgehead atoms. The van der Waals surface area contributed by atoms with Gasteiger partial charge in [0.1, 0.15) is 5.84 Å². The summed E-state index contributed by atoms with van der Waals surface area (Å²) in [4.78, 5) is 5.16. The third-order valence-electron chi connectivity index (χ3n) is 5.44. The normalized spacial score (nSPS) is 12.7. The van der Waals surface area contributed by atoms with Gasteiger partial charge >= 0.3 is 0 Å². The molecule has 27 heavy (non-hydrogen) atoms. The standard InChI is InChI=1S/C25H28N2/c1-3-5-11-19-17-20-14-10-16-22-23(20)24(21(19)15-6-4-2)27-25(26-22)18-12-8-7-9-13-18/h7-10,12-14,16-17H,3-6,11,15H2,1-2H3,(H,26,27). The molecule has 0 aliphatic carbocycles. The van der Waals surface area contributed by atoms with Gasteiger partial charge < -0.3 is 5.32 Å². The van der Waals surface area contributed by atoms with Crippen molar-refractivity contribution in [3.05, 3.63) is 71.3 Å². The first-order valence-corrected chi connectivity index (χ1v) is 10.3. The van der Waals surface area contributed by atoms with Crippen molar-refractivity contribution in [2.45, 2.75) is 52.4 Å². The quantitative estimate of drug-likeness (QED) is 0.483. The number of anilines is 1. The summed E-state index contributed by atoms with van der Waals surface area (Å²) in [7, 11) is 0. The van der Waals surface area contributed by atoms with Crippen molar-refractivity contribution in [2.75, 3.05) is 5.32 Å². The molecule has 3 aromatic rings. The fourth-order valence-corrected chi connectivity index (χ4v) is 3.98. The molecule has 1 N–H and O–H groups in total. The van der Waals surface area contributed by atoms with Gasteiger partial charge in [0, 0.05) is 16.6 Å². The highest BCUT2D eigenvalue weighted by Gasteiger charge is 2.20. The molecule has 4 rings (SSSR count). The molecule has 3 aromatic carbocycles. The van der Waals surface area contributed by atoms with Gasteiger partial charge in [-0.05, 0) is 48.3 Å². The number of benzene rings is 3. The molecule has 0 aromatic heterocycles. The number of hydrogen-bond donors (Lipinski definition) is 1. The molecule has 0 fully saturated rings. The van der Waals surface area contributed by atoms with Crippen LogP contribution >= 0.6 is 0 Å². The lowest BCUT2D eigenvalue weighted by atomic mass is 9.90. The van der Waals surface area contributed by atoms with Crippen molar-refractivity contribution in [3.8, 4) is 0 Å². The van der Waals surface area contributed by atoms with Gasteiger partial charge in [-0.15, -0.1) is 0 Å². The fraction of sp³-hybridized carbons (Fsp3) is 0.320. The zero-order valence-corrected chi connectivity index (χ0v) is 16.4. The van der Waals surface area contributed by atoms with Gasteiger partial charge in [-0.25, -0.2) is 4.99 Å². The predicted molar refractivity (Wildman–Crippen MR) is 117 cm³/mol.